The molecule has 1 heterocycles. The van der Waals surface area contributed by atoms with Gasteiger partial charge in [0.05, 0.1) is 19.3 Å². The molecule has 0 aromatic heterocycles. The highest BCUT2D eigenvalue weighted by Crippen LogP contribution is 2.24. The van der Waals surface area contributed by atoms with Gasteiger partial charge in [0, 0.05) is 38.8 Å². The van der Waals surface area contributed by atoms with E-state index in [9.17, 15) is 9.90 Å². The number of hydrogen-bond acceptors (Lipinski definition) is 5. The molecule has 1 aliphatic rings. The van der Waals surface area contributed by atoms with Crippen molar-refractivity contribution in [2.24, 2.45) is 0 Å². The van der Waals surface area contributed by atoms with Crippen LogP contribution in [0.4, 0.5) is 0 Å². The molecule has 1 saturated heterocycles. The van der Waals surface area contributed by atoms with Crippen LogP contribution in [0.3, 0.4) is 0 Å². The van der Waals surface area contributed by atoms with Crippen LogP contribution in [0.1, 0.15) is 10.4 Å². The first-order valence-corrected chi connectivity index (χ1v) is 6.65. The molecule has 1 fully saturated rings. The van der Waals surface area contributed by atoms with Crippen LogP contribution in [-0.2, 0) is 0 Å². The molecule has 0 aliphatic carbocycles. The van der Waals surface area contributed by atoms with E-state index in [1.807, 2.05) is 0 Å². The van der Waals surface area contributed by atoms with Gasteiger partial charge in [-0.2, -0.15) is 0 Å². The standard InChI is InChI=1S/C14H20N2O4/c1-20-11-2-3-12(13(18)10-11)14(19)16-6-4-15(5-7-16)8-9-17/h2-3,10,17-18H,4-9H2,1H3. The highest BCUT2D eigenvalue weighted by Gasteiger charge is 2.23. The molecule has 0 spiro atoms. The molecule has 1 aromatic carbocycles. The van der Waals surface area contributed by atoms with Gasteiger partial charge in [-0.25, -0.2) is 0 Å². The third-order valence-electron chi connectivity index (χ3n) is 3.51. The molecule has 6 heteroatoms. The SMILES string of the molecule is COc1ccc(C(=O)N2CCN(CCO)CC2)c(O)c1. The number of rotatable bonds is 4. The van der Waals surface area contributed by atoms with Crippen LogP contribution < -0.4 is 4.74 Å². The van der Waals surface area contributed by atoms with E-state index in [1.54, 1.807) is 17.0 Å². The number of piperazine rings is 1. The largest absolute Gasteiger partial charge is 0.507 e. The zero-order valence-electron chi connectivity index (χ0n) is 11.6. The zero-order valence-corrected chi connectivity index (χ0v) is 11.6. The Kier molecular flexibility index (Phi) is 4.81. The molecule has 6 nitrogen and oxygen atoms in total. The van der Waals surface area contributed by atoms with Gasteiger partial charge in [0.15, 0.2) is 0 Å². The number of methoxy groups -OCH3 is 1. The average Bonchev–Trinajstić information content (AvgIpc) is 2.47. The predicted molar refractivity (Wildman–Crippen MR) is 74.1 cm³/mol. The lowest BCUT2D eigenvalue weighted by Crippen LogP contribution is -2.49. The lowest BCUT2D eigenvalue weighted by Gasteiger charge is -2.34. The van der Waals surface area contributed by atoms with Gasteiger partial charge >= 0.3 is 0 Å². The molecule has 0 atom stereocenters. The Hall–Kier alpha value is -1.79. The minimum absolute atomic E-state index is 0.0628. The van der Waals surface area contributed by atoms with Crippen LogP contribution in [0.2, 0.25) is 0 Å². The van der Waals surface area contributed by atoms with E-state index >= 15 is 0 Å². The Balaban J connectivity index is 2.02. The molecule has 1 aliphatic heterocycles. The fraction of sp³-hybridized carbons (Fsp3) is 0.500. The van der Waals surface area contributed by atoms with Crippen molar-refractivity contribution in [1.29, 1.82) is 0 Å². The van der Waals surface area contributed by atoms with Crippen molar-refractivity contribution in [3.05, 3.63) is 23.8 Å². The Labute approximate surface area is 118 Å². The summed E-state index contributed by atoms with van der Waals surface area (Å²) in [4.78, 5) is 16.2. The predicted octanol–water partition coefficient (Wildman–Crippen LogP) is 0.151. The second kappa shape index (κ2) is 6.58. The lowest BCUT2D eigenvalue weighted by atomic mass is 10.1. The van der Waals surface area contributed by atoms with Crippen molar-refractivity contribution >= 4 is 5.91 Å². The summed E-state index contributed by atoms with van der Waals surface area (Å²) in [5.74, 6) is 0.285. The first-order valence-electron chi connectivity index (χ1n) is 6.65. The number of phenols is 1. The minimum atomic E-state index is -0.172. The number of nitrogens with zero attached hydrogens (tertiary/aromatic N) is 2. The summed E-state index contributed by atoms with van der Waals surface area (Å²) in [6.45, 7) is 3.45. The van der Waals surface area contributed by atoms with Gasteiger partial charge in [0.2, 0.25) is 0 Å². The number of hydrogen-bond donors (Lipinski definition) is 2. The number of aromatic hydroxyl groups is 1. The van der Waals surface area contributed by atoms with Crippen molar-refractivity contribution in [3.63, 3.8) is 0 Å². The maximum absolute atomic E-state index is 12.3. The summed E-state index contributed by atoms with van der Waals surface area (Å²) in [7, 11) is 1.51. The van der Waals surface area contributed by atoms with Crippen molar-refractivity contribution in [1.82, 2.24) is 9.80 Å². The summed E-state index contributed by atoms with van der Waals surface area (Å²) in [5.41, 5.74) is 0.293. The molecule has 0 saturated carbocycles. The molecule has 0 unspecified atom stereocenters. The molecule has 2 N–H and O–H groups in total. The number of carbonyl (C=O) groups excluding carboxylic acids is 1. The number of phenolic OH excluding ortho intramolecular Hbond substituents is 1. The van der Waals surface area contributed by atoms with Gasteiger partial charge < -0.3 is 19.8 Å². The van der Waals surface area contributed by atoms with Gasteiger partial charge in [-0.05, 0) is 12.1 Å². The number of ether oxygens (including phenoxy) is 1. The smallest absolute Gasteiger partial charge is 0.257 e. The first kappa shape index (κ1) is 14.6. The molecular formula is C14H20N2O4. The summed E-state index contributed by atoms with van der Waals surface area (Å²) in [6.07, 6.45) is 0. The van der Waals surface area contributed by atoms with Crippen LogP contribution >= 0.6 is 0 Å². The quantitative estimate of drug-likeness (QED) is 0.821. The van der Waals surface area contributed by atoms with Crippen molar-refractivity contribution in [2.75, 3.05) is 46.4 Å². The van der Waals surface area contributed by atoms with Crippen LogP contribution in [0.15, 0.2) is 18.2 Å². The Morgan fingerprint density at radius 3 is 2.55 bits per heavy atom. The molecule has 2 rings (SSSR count). The zero-order chi connectivity index (χ0) is 14.5. The fourth-order valence-electron chi connectivity index (χ4n) is 2.31. The van der Waals surface area contributed by atoms with Crippen molar-refractivity contribution < 1.29 is 19.7 Å². The Morgan fingerprint density at radius 2 is 2.00 bits per heavy atom. The van der Waals surface area contributed by atoms with Crippen LogP contribution in [0.5, 0.6) is 11.5 Å². The maximum atomic E-state index is 12.3. The van der Waals surface area contributed by atoms with Gasteiger partial charge in [-0.1, -0.05) is 0 Å². The molecule has 1 amide bonds. The third kappa shape index (κ3) is 3.20. The van der Waals surface area contributed by atoms with E-state index in [2.05, 4.69) is 4.90 Å². The summed E-state index contributed by atoms with van der Waals surface area (Å²) in [6, 6.07) is 4.68. The summed E-state index contributed by atoms with van der Waals surface area (Å²) in [5, 5.41) is 18.8. The molecule has 1 aromatic rings. The summed E-state index contributed by atoms with van der Waals surface area (Å²) < 4.78 is 5.00. The van der Waals surface area contributed by atoms with E-state index in [-0.39, 0.29) is 18.3 Å². The van der Waals surface area contributed by atoms with E-state index in [0.29, 0.717) is 30.9 Å². The monoisotopic (exact) mass is 280 g/mol. The molecule has 20 heavy (non-hydrogen) atoms. The van der Waals surface area contributed by atoms with Crippen LogP contribution in [0.25, 0.3) is 0 Å². The molecule has 110 valence electrons. The number of amides is 1. The molecular weight excluding hydrogens is 260 g/mol. The van der Waals surface area contributed by atoms with Crippen molar-refractivity contribution in [3.8, 4) is 11.5 Å². The van der Waals surface area contributed by atoms with E-state index in [0.717, 1.165) is 13.1 Å². The number of aliphatic hydroxyl groups is 1. The number of β-amino-alcohol motifs (C(OH)–C–C–N with tert-alkyl or cyclic N) is 1. The topological polar surface area (TPSA) is 73.2 Å². The van der Waals surface area contributed by atoms with Crippen LogP contribution in [0, 0.1) is 0 Å². The normalized spacial score (nSPS) is 16.2. The Morgan fingerprint density at radius 1 is 1.30 bits per heavy atom. The van der Waals surface area contributed by atoms with Crippen molar-refractivity contribution in [2.45, 2.75) is 0 Å². The number of carbonyl (C=O) groups is 1. The maximum Gasteiger partial charge on any atom is 0.257 e. The second-order valence-corrected chi connectivity index (χ2v) is 4.74. The molecule has 0 bridgehead atoms. The van der Waals surface area contributed by atoms with E-state index in [1.165, 1.54) is 13.2 Å². The first-order chi connectivity index (χ1) is 9.65. The van der Waals surface area contributed by atoms with E-state index < -0.39 is 0 Å². The number of benzene rings is 1. The van der Waals surface area contributed by atoms with Crippen LogP contribution in [-0.4, -0.2) is 72.4 Å². The van der Waals surface area contributed by atoms with E-state index in [4.69, 9.17) is 9.84 Å². The van der Waals surface area contributed by atoms with Gasteiger partial charge in [-0.15, -0.1) is 0 Å². The summed E-state index contributed by atoms with van der Waals surface area (Å²) >= 11 is 0. The lowest BCUT2D eigenvalue weighted by molar-refractivity contribution is 0.0612. The third-order valence-corrected chi connectivity index (χ3v) is 3.51. The highest BCUT2D eigenvalue weighted by molar-refractivity contribution is 5.97. The number of aliphatic hydroxyl groups excluding tert-OH is 1. The Bertz CT molecular complexity index is 470. The highest BCUT2D eigenvalue weighted by atomic mass is 16.5. The molecule has 0 radical (unpaired) electrons. The average molecular weight is 280 g/mol. The second-order valence-electron chi connectivity index (χ2n) is 4.74. The van der Waals surface area contributed by atoms with Gasteiger partial charge in [0.1, 0.15) is 11.5 Å². The fourth-order valence-corrected chi connectivity index (χ4v) is 2.31. The van der Waals surface area contributed by atoms with Gasteiger partial charge in [0.25, 0.3) is 5.91 Å². The van der Waals surface area contributed by atoms with Gasteiger partial charge in [-0.3, -0.25) is 9.69 Å². The minimum Gasteiger partial charge on any atom is -0.507 e.